The Hall–Kier alpha value is -5.28. The molecule has 1 N–H and O–H groups in total. The maximum Gasteiger partial charge on any atom is 0.0622 e. The van der Waals surface area contributed by atoms with E-state index < -0.39 is 0 Å². The van der Waals surface area contributed by atoms with Crippen molar-refractivity contribution in [2.45, 2.75) is 0 Å². The molecule has 0 fully saturated rings. The Morgan fingerprint density at radius 3 is 1.56 bits per heavy atom. The molecule has 3 heteroatoms. The smallest absolute Gasteiger partial charge is 0.0622 e. The minimum absolute atomic E-state index is 1.08. The number of hydrogen-bond donors (Lipinski definition) is 1. The average molecular weight is 498 g/mol. The molecule has 6 aromatic carbocycles. The van der Waals surface area contributed by atoms with Crippen LogP contribution in [0.2, 0.25) is 0 Å². The highest BCUT2D eigenvalue weighted by Crippen LogP contribution is 2.41. The number of aromatic nitrogens is 2. The van der Waals surface area contributed by atoms with Gasteiger partial charge in [0, 0.05) is 49.4 Å². The van der Waals surface area contributed by atoms with Crippen LogP contribution in [-0.4, -0.2) is 8.97 Å². The fraction of sp³-hybridized carbons (Fsp3) is 0. The van der Waals surface area contributed by atoms with Gasteiger partial charge in [-0.05, 0) is 60.7 Å². The molecule has 9 aromatic rings. The SMILES string of the molecule is c1ccc(-n2c3ccccc3c3cc(Nc4cc5c6ccccc6n6c7ccccc7c(c4)c56)ccc32)cc1. The van der Waals surface area contributed by atoms with Crippen LogP contribution in [0.3, 0.4) is 0 Å². The molecule has 3 nitrogen and oxygen atoms in total. The van der Waals surface area contributed by atoms with Crippen LogP contribution in [0.15, 0.2) is 133 Å². The lowest BCUT2D eigenvalue weighted by atomic mass is 10.1. The van der Waals surface area contributed by atoms with Crippen molar-refractivity contribution in [2.24, 2.45) is 0 Å². The molecule has 0 atom stereocenters. The highest BCUT2D eigenvalue weighted by atomic mass is 15.0. The molecule has 0 saturated heterocycles. The van der Waals surface area contributed by atoms with Gasteiger partial charge in [-0.3, -0.25) is 0 Å². The first-order chi connectivity index (χ1) is 19.3. The summed E-state index contributed by atoms with van der Waals surface area (Å²) in [4.78, 5) is 0. The number of hydrogen-bond acceptors (Lipinski definition) is 1. The van der Waals surface area contributed by atoms with Gasteiger partial charge in [-0.25, -0.2) is 0 Å². The third kappa shape index (κ3) is 2.82. The molecule has 0 aliphatic rings. The van der Waals surface area contributed by atoms with Crippen molar-refractivity contribution in [1.29, 1.82) is 0 Å². The second-order valence-electron chi connectivity index (χ2n) is 10.3. The van der Waals surface area contributed by atoms with Crippen molar-refractivity contribution >= 4 is 71.3 Å². The van der Waals surface area contributed by atoms with Gasteiger partial charge in [-0.1, -0.05) is 72.8 Å². The van der Waals surface area contributed by atoms with Crippen LogP contribution < -0.4 is 5.32 Å². The molecule has 39 heavy (non-hydrogen) atoms. The van der Waals surface area contributed by atoms with Crippen LogP contribution in [0, 0.1) is 0 Å². The molecule has 3 heterocycles. The second-order valence-corrected chi connectivity index (χ2v) is 10.3. The fourth-order valence-electron chi connectivity index (χ4n) is 6.59. The molecule has 0 amide bonds. The molecule has 0 aliphatic carbocycles. The van der Waals surface area contributed by atoms with E-state index in [0.717, 1.165) is 11.4 Å². The van der Waals surface area contributed by atoms with Crippen molar-refractivity contribution in [2.75, 3.05) is 5.32 Å². The van der Waals surface area contributed by atoms with Crippen molar-refractivity contribution < 1.29 is 0 Å². The molecule has 0 unspecified atom stereocenters. The van der Waals surface area contributed by atoms with Crippen molar-refractivity contribution in [3.8, 4) is 5.69 Å². The Labute approximate surface area is 224 Å². The van der Waals surface area contributed by atoms with Gasteiger partial charge in [0.25, 0.3) is 0 Å². The maximum atomic E-state index is 3.77. The van der Waals surface area contributed by atoms with E-state index in [1.165, 1.54) is 65.6 Å². The number of anilines is 2. The normalized spacial score (nSPS) is 12.1. The molecule has 9 rings (SSSR count). The van der Waals surface area contributed by atoms with Crippen molar-refractivity contribution in [1.82, 2.24) is 8.97 Å². The van der Waals surface area contributed by atoms with Crippen LogP contribution in [0.5, 0.6) is 0 Å². The van der Waals surface area contributed by atoms with Crippen molar-refractivity contribution in [3.63, 3.8) is 0 Å². The van der Waals surface area contributed by atoms with E-state index in [0.29, 0.717) is 0 Å². The maximum absolute atomic E-state index is 3.77. The summed E-state index contributed by atoms with van der Waals surface area (Å²) in [6, 6.07) is 48.1. The van der Waals surface area contributed by atoms with Crippen LogP contribution >= 0.6 is 0 Å². The van der Waals surface area contributed by atoms with E-state index in [2.05, 4.69) is 148 Å². The van der Waals surface area contributed by atoms with E-state index in [9.17, 15) is 0 Å². The molecule has 182 valence electrons. The monoisotopic (exact) mass is 497 g/mol. The van der Waals surface area contributed by atoms with E-state index in [-0.39, 0.29) is 0 Å². The number of nitrogens with zero attached hydrogens (tertiary/aromatic N) is 2. The molecule has 0 radical (unpaired) electrons. The third-order valence-corrected chi connectivity index (χ3v) is 8.18. The van der Waals surface area contributed by atoms with Crippen molar-refractivity contribution in [3.05, 3.63) is 133 Å². The summed E-state index contributed by atoms with van der Waals surface area (Å²) in [5.74, 6) is 0. The number of fused-ring (bicyclic) bond motifs is 9. The van der Waals surface area contributed by atoms with E-state index in [1.54, 1.807) is 0 Å². The molecule has 0 bridgehead atoms. The topological polar surface area (TPSA) is 21.4 Å². The predicted molar refractivity (Wildman–Crippen MR) is 165 cm³/mol. The minimum atomic E-state index is 1.08. The highest BCUT2D eigenvalue weighted by molar-refractivity contribution is 6.24. The van der Waals surface area contributed by atoms with E-state index in [4.69, 9.17) is 0 Å². The van der Waals surface area contributed by atoms with Gasteiger partial charge in [0.2, 0.25) is 0 Å². The zero-order valence-corrected chi connectivity index (χ0v) is 21.1. The number of nitrogens with one attached hydrogen (secondary N) is 1. The second kappa shape index (κ2) is 7.62. The summed E-state index contributed by atoms with van der Waals surface area (Å²) in [5, 5.41) is 11.4. The molecular formula is C36H23N3. The zero-order chi connectivity index (χ0) is 25.5. The van der Waals surface area contributed by atoms with Crippen LogP contribution in [0.1, 0.15) is 0 Å². The molecule has 0 aliphatic heterocycles. The Kier molecular flexibility index (Phi) is 4.05. The third-order valence-electron chi connectivity index (χ3n) is 8.18. The lowest BCUT2D eigenvalue weighted by molar-refractivity contribution is 1.18. The first-order valence-corrected chi connectivity index (χ1v) is 13.4. The lowest BCUT2D eigenvalue weighted by Crippen LogP contribution is -1.94. The molecule has 0 saturated carbocycles. The van der Waals surface area contributed by atoms with E-state index >= 15 is 0 Å². The van der Waals surface area contributed by atoms with Crippen LogP contribution in [0.25, 0.3) is 65.6 Å². The van der Waals surface area contributed by atoms with E-state index in [1.807, 2.05) is 0 Å². The number of benzene rings is 6. The highest BCUT2D eigenvalue weighted by Gasteiger charge is 2.18. The lowest BCUT2D eigenvalue weighted by Gasteiger charge is -2.10. The largest absolute Gasteiger partial charge is 0.355 e. The summed E-state index contributed by atoms with van der Waals surface area (Å²) in [6.45, 7) is 0. The van der Waals surface area contributed by atoms with Gasteiger partial charge in [0.05, 0.1) is 27.6 Å². The first-order valence-electron chi connectivity index (χ1n) is 13.4. The molecular weight excluding hydrogens is 474 g/mol. The van der Waals surface area contributed by atoms with Crippen LogP contribution in [0.4, 0.5) is 11.4 Å². The zero-order valence-electron chi connectivity index (χ0n) is 21.1. The fourth-order valence-corrected chi connectivity index (χ4v) is 6.59. The number of rotatable bonds is 3. The minimum Gasteiger partial charge on any atom is -0.355 e. The average Bonchev–Trinajstić information content (AvgIpc) is 3.62. The molecule has 0 spiro atoms. The predicted octanol–water partition coefficient (Wildman–Crippen LogP) is 9.68. The Morgan fingerprint density at radius 1 is 0.385 bits per heavy atom. The standard InChI is InChI=1S/C36H23N3/c1-2-10-25(11-3-1)38-32-15-7-4-12-26(32)29-20-23(18-19-35(29)38)37-24-21-30-27-13-5-8-16-33(27)39-34-17-9-6-14-28(34)31(22-24)36(30)39/h1-22,37H. The Morgan fingerprint density at radius 2 is 0.897 bits per heavy atom. The van der Waals surface area contributed by atoms with Gasteiger partial charge in [-0.2, -0.15) is 0 Å². The van der Waals surface area contributed by atoms with Gasteiger partial charge in [-0.15, -0.1) is 0 Å². The van der Waals surface area contributed by atoms with Crippen LogP contribution in [-0.2, 0) is 0 Å². The number of para-hydroxylation sites is 4. The summed E-state index contributed by atoms with van der Waals surface area (Å²) in [5.41, 5.74) is 9.59. The van der Waals surface area contributed by atoms with Gasteiger partial charge >= 0.3 is 0 Å². The van der Waals surface area contributed by atoms with Gasteiger partial charge in [0.1, 0.15) is 0 Å². The first kappa shape index (κ1) is 20.7. The quantitative estimate of drug-likeness (QED) is 0.258. The summed E-state index contributed by atoms with van der Waals surface area (Å²) in [6.07, 6.45) is 0. The van der Waals surface area contributed by atoms with Gasteiger partial charge < -0.3 is 14.3 Å². The summed E-state index contributed by atoms with van der Waals surface area (Å²) in [7, 11) is 0. The Bertz CT molecular complexity index is 2270. The summed E-state index contributed by atoms with van der Waals surface area (Å²) >= 11 is 0. The Balaban J connectivity index is 1.26. The van der Waals surface area contributed by atoms with Gasteiger partial charge in [0.15, 0.2) is 0 Å². The summed E-state index contributed by atoms with van der Waals surface area (Å²) < 4.78 is 4.77. The molecule has 3 aromatic heterocycles.